The normalized spacial score (nSPS) is 10.2. The summed E-state index contributed by atoms with van der Waals surface area (Å²) in [7, 11) is 0. The number of hydrogen-bond donors (Lipinski definition) is 2. The van der Waals surface area contributed by atoms with Crippen molar-refractivity contribution in [1.82, 2.24) is 4.98 Å². The predicted octanol–water partition coefficient (Wildman–Crippen LogP) is 2.71. The molecule has 0 saturated carbocycles. The van der Waals surface area contributed by atoms with Crippen LogP contribution in [0.1, 0.15) is 31.4 Å². The van der Waals surface area contributed by atoms with Gasteiger partial charge in [0.05, 0.1) is 0 Å². The largest absolute Gasteiger partial charge is 0.476 e. The van der Waals surface area contributed by atoms with Crippen LogP contribution in [-0.2, 0) is 0 Å². The molecule has 2 rings (SSSR count). The third-order valence-electron chi connectivity index (χ3n) is 2.64. The minimum absolute atomic E-state index is 0.114. The lowest BCUT2D eigenvalue weighted by Crippen LogP contribution is -2.14. The summed E-state index contributed by atoms with van der Waals surface area (Å²) in [6, 6.07) is 5.70. The van der Waals surface area contributed by atoms with Gasteiger partial charge in [-0.1, -0.05) is 18.2 Å². The van der Waals surface area contributed by atoms with E-state index in [0.29, 0.717) is 0 Å². The van der Waals surface area contributed by atoms with Gasteiger partial charge in [0.25, 0.3) is 5.91 Å². The zero-order chi connectivity index (χ0) is 14.0. The second-order valence-electron chi connectivity index (χ2n) is 4.06. The van der Waals surface area contributed by atoms with Crippen LogP contribution in [0, 0.1) is 13.8 Å². The molecule has 19 heavy (non-hydrogen) atoms. The Labute approximate surface area is 113 Å². The Morgan fingerprint density at radius 2 is 1.89 bits per heavy atom. The van der Waals surface area contributed by atoms with E-state index >= 15 is 0 Å². The monoisotopic (exact) mass is 276 g/mol. The summed E-state index contributed by atoms with van der Waals surface area (Å²) in [4.78, 5) is 26.5. The Kier molecular flexibility index (Phi) is 3.62. The first-order valence-corrected chi connectivity index (χ1v) is 6.43. The highest BCUT2D eigenvalue weighted by atomic mass is 32.1. The molecule has 0 fully saturated rings. The predicted molar refractivity (Wildman–Crippen MR) is 72.9 cm³/mol. The van der Waals surface area contributed by atoms with Gasteiger partial charge in [-0.15, -0.1) is 11.3 Å². The first kappa shape index (κ1) is 13.2. The molecule has 0 spiro atoms. The SMILES string of the molecule is Cc1cccc(C)c1NC(=O)c1nc(C(=O)O)cs1. The van der Waals surface area contributed by atoms with Crippen LogP contribution in [0.15, 0.2) is 23.6 Å². The third-order valence-corrected chi connectivity index (χ3v) is 3.48. The number of rotatable bonds is 3. The molecule has 0 radical (unpaired) electrons. The van der Waals surface area contributed by atoms with Crippen LogP contribution in [0.5, 0.6) is 0 Å². The maximum atomic E-state index is 12.0. The number of carbonyl (C=O) groups excluding carboxylic acids is 1. The summed E-state index contributed by atoms with van der Waals surface area (Å²) in [6.45, 7) is 3.79. The molecule has 0 aliphatic heterocycles. The van der Waals surface area contributed by atoms with Gasteiger partial charge in [0.15, 0.2) is 10.7 Å². The third kappa shape index (κ3) is 2.79. The molecule has 0 aliphatic rings. The number of aromatic nitrogens is 1. The van der Waals surface area contributed by atoms with E-state index in [0.717, 1.165) is 28.2 Å². The summed E-state index contributed by atoms with van der Waals surface area (Å²) in [6.07, 6.45) is 0. The molecule has 0 unspecified atom stereocenters. The maximum Gasteiger partial charge on any atom is 0.355 e. The van der Waals surface area contributed by atoms with E-state index in [2.05, 4.69) is 10.3 Å². The van der Waals surface area contributed by atoms with Crippen LogP contribution >= 0.6 is 11.3 Å². The van der Waals surface area contributed by atoms with Gasteiger partial charge < -0.3 is 10.4 Å². The highest BCUT2D eigenvalue weighted by Gasteiger charge is 2.16. The Morgan fingerprint density at radius 1 is 1.26 bits per heavy atom. The summed E-state index contributed by atoms with van der Waals surface area (Å²) in [5.74, 6) is -1.53. The first-order valence-electron chi connectivity index (χ1n) is 5.55. The van der Waals surface area contributed by atoms with Gasteiger partial charge in [-0.25, -0.2) is 9.78 Å². The highest BCUT2D eigenvalue weighted by Crippen LogP contribution is 2.21. The smallest absolute Gasteiger partial charge is 0.355 e. The van der Waals surface area contributed by atoms with E-state index in [4.69, 9.17) is 5.11 Å². The number of carbonyl (C=O) groups is 2. The fraction of sp³-hybridized carbons (Fsp3) is 0.154. The van der Waals surface area contributed by atoms with E-state index in [1.165, 1.54) is 5.38 Å². The van der Waals surface area contributed by atoms with Crippen molar-refractivity contribution < 1.29 is 14.7 Å². The fourth-order valence-corrected chi connectivity index (χ4v) is 2.34. The van der Waals surface area contributed by atoms with E-state index in [1.54, 1.807) is 0 Å². The lowest BCUT2D eigenvalue weighted by Gasteiger charge is -2.09. The molecular weight excluding hydrogens is 264 g/mol. The van der Waals surface area contributed by atoms with Gasteiger partial charge in [-0.2, -0.15) is 0 Å². The molecule has 0 aliphatic carbocycles. The Hall–Kier alpha value is -2.21. The van der Waals surface area contributed by atoms with E-state index < -0.39 is 11.9 Å². The molecule has 6 heteroatoms. The quantitative estimate of drug-likeness (QED) is 0.903. The van der Waals surface area contributed by atoms with Crippen molar-refractivity contribution in [1.29, 1.82) is 0 Å². The van der Waals surface area contributed by atoms with Gasteiger partial charge in [0, 0.05) is 11.1 Å². The zero-order valence-electron chi connectivity index (χ0n) is 10.4. The number of benzene rings is 1. The number of hydrogen-bond acceptors (Lipinski definition) is 4. The Bertz CT molecular complexity index is 629. The standard InChI is InChI=1S/C13H12N2O3S/c1-7-4-3-5-8(2)10(7)15-11(16)12-14-9(6-19-12)13(17)18/h3-6H,1-2H3,(H,15,16)(H,17,18). The first-order chi connectivity index (χ1) is 8.99. The zero-order valence-corrected chi connectivity index (χ0v) is 11.2. The summed E-state index contributed by atoms with van der Waals surface area (Å²) < 4.78 is 0. The van der Waals surface area contributed by atoms with Crippen LogP contribution < -0.4 is 5.32 Å². The minimum atomic E-state index is -1.14. The number of amides is 1. The Balaban J connectivity index is 2.23. The molecular formula is C13H12N2O3S. The van der Waals surface area contributed by atoms with Gasteiger partial charge in [-0.3, -0.25) is 4.79 Å². The molecule has 0 bridgehead atoms. The van der Waals surface area contributed by atoms with E-state index in [1.807, 2.05) is 32.0 Å². The molecule has 5 nitrogen and oxygen atoms in total. The highest BCUT2D eigenvalue weighted by molar-refractivity contribution is 7.12. The van der Waals surface area contributed by atoms with Crippen molar-refractivity contribution >= 4 is 28.9 Å². The molecule has 1 amide bonds. The van der Waals surface area contributed by atoms with Gasteiger partial charge in [0.2, 0.25) is 0 Å². The average molecular weight is 276 g/mol. The summed E-state index contributed by atoms with van der Waals surface area (Å²) in [5.41, 5.74) is 2.52. The fourth-order valence-electron chi connectivity index (χ4n) is 1.65. The molecule has 1 aromatic heterocycles. The van der Waals surface area contributed by atoms with Crippen molar-refractivity contribution in [2.75, 3.05) is 5.32 Å². The van der Waals surface area contributed by atoms with Crippen molar-refractivity contribution in [3.05, 3.63) is 45.4 Å². The minimum Gasteiger partial charge on any atom is -0.476 e. The van der Waals surface area contributed by atoms with E-state index in [-0.39, 0.29) is 10.7 Å². The van der Waals surface area contributed by atoms with Crippen LogP contribution in [0.4, 0.5) is 5.69 Å². The Morgan fingerprint density at radius 3 is 2.42 bits per heavy atom. The molecule has 1 heterocycles. The second kappa shape index (κ2) is 5.19. The van der Waals surface area contributed by atoms with Crippen LogP contribution in [0.3, 0.4) is 0 Å². The molecule has 0 saturated heterocycles. The molecule has 2 N–H and O–H groups in total. The van der Waals surface area contributed by atoms with Crippen LogP contribution in [0.25, 0.3) is 0 Å². The van der Waals surface area contributed by atoms with Crippen LogP contribution in [-0.4, -0.2) is 22.0 Å². The van der Waals surface area contributed by atoms with Gasteiger partial charge >= 0.3 is 5.97 Å². The summed E-state index contributed by atoms with van der Waals surface area (Å²) in [5, 5.41) is 13.0. The number of anilines is 1. The van der Waals surface area contributed by atoms with Crippen molar-refractivity contribution in [2.24, 2.45) is 0 Å². The number of thiazole rings is 1. The molecule has 2 aromatic rings. The number of nitrogens with zero attached hydrogens (tertiary/aromatic N) is 1. The summed E-state index contributed by atoms with van der Waals surface area (Å²) >= 11 is 1.01. The number of aryl methyl sites for hydroxylation is 2. The topological polar surface area (TPSA) is 79.3 Å². The van der Waals surface area contributed by atoms with Gasteiger partial charge in [-0.05, 0) is 25.0 Å². The lowest BCUT2D eigenvalue weighted by atomic mass is 10.1. The molecule has 1 aromatic carbocycles. The lowest BCUT2D eigenvalue weighted by molar-refractivity contribution is 0.0691. The number of aromatic carboxylic acids is 1. The number of nitrogens with one attached hydrogen (secondary N) is 1. The van der Waals surface area contributed by atoms with Gasteiger partial charge in [0.1, 0.15) is 0 Å². The molecule has 0 atom stereocenters. The van der Waals surface area contributed by atoms with Crippen molar-refractivity contribution in [3.8, 4) is 0 Å². The number of para-hydroxylation sites is 1. The number of carboxylic acids is 1. The second-order valence-corrected chi connectivity index (χ2v) is 4.92. The van der Waals surface area contributed by atoms with Crippen LogP contribution in [0.2, 0.25) is 0 Å². The number of carboxylic acid groups (broad SMARTS) is 1. The van der Waals surface area contributed by atoms with Crippen molar-refractivity contribution in [2.45, 2.75) is 13.8 Å². The van der Waals surface area contributed by atoms with Crippen molar-refractivity contribution in [3.63, 3.8) is 0 Å². The molecule has 98 valence electrons. The average Bonchev–Trinajstić information content (AvgIpc) is 2.83. The van der Waals surface area contributed by atoms with E-state index in [9.17, 15) is 9.59 Å². The maximum absolute atomic E-state index is 12.0.